The zero-order valence-electron chi connectivity index (χ0n) is 32.4. The van der Waals surface area contributed by atoms with Crippen molar-refractivity contribution in [2.24, 2.45) is 0 Å². The van der Waals surface area contributed by atoms with Crippen LogP contribution in [0.1, 0.15) is 0 Å². The van der Waals surface area contributed by atoms with Gasteiger partial charge >= 0.3 is 0 Å². The SMILES string of the molecule is c1ccc(N(c2ccc(-c3nc4ccccc4o3)cc2)c2ccc3c(c2)oc2cc4cc(N(c5ccc(-c6nc7ccccc7o6)cc5)c5cccnc5)ccc4cc23)nc1. The van der Waals surface area contributed by atoms with Crippen LogP contribution in [0.3, 0.4) is 0 Å². The van der Waals surface area contributed by atoms with Crippen molar-refractivity contribution < 1.29 is 13.3 Å². The molecule has 0 saturated carbocycles. The van der Waals surface area contributed by atoms with Gasteiger partial charge in [0.05, 0.1) is 17.6 Å². The van der Waals surface area contributed by atoms with Crippen molar-refractivity contribution in [3.8, 4) is 22.9 Å². The van der Waals surface area contributed by atoms with Crippen LogP contribution in [0.5, 0.6) is 0 Å². The van der Waals surface area contributed by atoms with E-state index in [0.717, 1.165) is 100 Å². The minimum absolute atomic E-state index is 0.580. The molecule has 9 heteroatoms. The Morgan fingerprint density at radius 2 is 1.00 bits per heavy atom. The molecule has 0 aliphatic carbocycles. The van der Waals surface area contributed by atoms with Crippen LogP contribution in [0.4, 0.5) is 34.3 Å². The number of nitrogens with zero attached hydrogens (tertiary/aromatic N) is 6. The van der Waals surface area contributed by atoms with Crippen molar-refractivity contribution in [2.45, 2.75) is 0 Å². The molecule has 12 rings (SSSR count). The zero-order valence-corrected chi connectivity index (χ0v) is 32.4. The molecule has 0 spiro atoms. The molecule has 0 aliphatic rings. The quantitative estimate of drug-likeness (QED) is 0.149. The molecule has 0 amide bonds. The highest BCUT2D eigenvalue weighted by Crippen LogP contribution is 2.41. The Labute approximate surface area is 348 Å². The van der Waals surface area contributed by atoms with Crippen molar-refractivity contribution in [1.29, 1.82) is 0 Å². The fourth-order valence-electron chi connectivity index (χ4n) is 8.10. The van der Waals surface area contributed by atoms with E-state index >= 15 is 0 Å². The molecule has 0 N–H and O–H groups in total. The van der Waals surface area contributed by atoms with Crippen molar-refractivity contribution in [2.75, 3.05) is 9.80 Å². The Kier molecular flexibility index (Phi) is 7.95. The summed E-state index contributed by atoms with van der Waals surface area (Å²) in [5.74, 6) is 1.95. The average Bonchev–Trinajstić information content (AvgIpc) is 4.05. The Bertz CT molecular complexity index is 3310. The largest absolute Gasteiger partial charge is 0.456 e. The lowest BCUT2D eigenvalue weighted by molar-refractivity contribution is 0.619. The lowest BCUT2D eigenvalue weighted by Crippen LogP contribution is -2.11. The second kappa shape index (κ2) is 14.1. The topological polar surface area (TPSA) is 97.5 Å². The number of fused-ring (bicyclic) bond motifs is 6. The molecule has 5 aromatic heterocycles. The van der Waals surface area contributed by atoms with Crippen LogP contribution in [-0.2, 0) is 0 Å². The maximum atomic E-state index is 6.67. The van der Waals surface area contributed by atoms with Crippen LogP contribution in [0.2, 0.25) is 0 Å². The Morgan fingerprint density at radius 3 is 1.66 bits per heavy atom. The van der Waals surface area contributed by atoms with E-state index in [2.05, 4.69) is 93.6 Å². The van der Waals surface area contributed by atoms with Crippen molar-refractivity contribution >= 4 is 89.2 Å². The number of aromatic nitrogens is 4. The molecule has 9 nitrogen and oxygen atoms in total. The number of hydrogen-bond acceptors (Lipinski definition) is 9. The number of oxazole rings is 2. The van der Waals surface area contributed by atoms with Gasteiger partial charge in [-0.25, -0.2) is 15.0 Å². The predicted molar refractivity (Wildman–Crippen MR) is 242 cm³/mol. The first kappa shape index (κ1) is 34.5. The second-order valence-electron chi connectivity index (χ2n) is 14.8. The molecule has 0 fully saturated rings. The molecule has 0 saturated heterocycles. The van der Waals surface area contributed by atoms with Gasteiger partial charge in [-0.05, 0) is 144 Å². The minimum Gasteiger partial charge on any atom is -0.456 e. The van der Waals surface area contributed by atoms with E-state index in [1.54, 1.807) is 12.4 Å². The van der Waals surface area contributed by atoms with Gasteiger partial charge in [0.15, 0.2) is 11.2 Å². The molecule has 12 aromatic rings. The fraction of sp³-hybridized carbons (Fsp3) is 0. The summed E-state index contributed by atoms with van der Waals surface area (Å²) in [5, 5.41) is 4.24. The number of pyridine rings is 2. The number of furan rings is 1. The van der Waals surface area contributed by atoms with E-state index in [1.165, 1.54) is 0 Å². The van der Waals surface area contributed by atoms with E-state index < -0.39 is 0 Å². The van der Waals surface area contributed by atoms with Crippen LogP contribution in [0, 0.1) is 0 Å². The Hall–Kier alpha value is -8.56. The van der Waals surface area contributed by atoms with Gasteiger partial charge in [0, 0.05) is 57.4 Å². The van der Waals surface area contributed by atoms with E-state index in [9.17, 15) is 0 Å². The summed E-state index contributed by atoms with van der Waals surface area (Å²) in [5.41, 5.74) is 11.3. The average molecular weight is 789 g/mol. The summed E-state index contributed by atoms with van der Waals surface area (Å²) < 4.78 is 18.8. The van der Waals surface area contributed by atoms with Gasteiger partial charge in [0.2, 0.25) is 11.8 Å². The number of anilines is 6. The maximum Gasteiger partial charge on any atom is 0.227 e. The molecular weight excluding hydrogens is 757 g/mol. The number of hydrogen-bond donors (Lipinski definition) is 0. The van der Waals surface area contributed by atoms with Crippen molar-refractivity contribution in [3.05, 3.63) is 195 Å². The predicted octanol–water partition coefficient (Wildman–Crippen LogP) is 14.1. The van der Waals surface area contributed by atoms with Gasteiger partial charge < -0.3 is 18.2 Å². The molecule has 0 unspecified atom stereocenters. The van der Waals surface area contributed by atoms with Gasteiger partial charge in [-0.1, -0.05) is 36.4 Å². The number of benzene rings is 7. The zero-order chi connectivity index (χ0) is 40.3. The normalized spacial score (nSPS) is 11.6. The highest BCUT2D eigenvalue weighted by Gasteiger charge is 2.19. The molecular formula is C52H32N6O3. The monoisotopic (exact) mass is 788 g/mol. The summed E-state index contributed by atoms with van der Waals surface area (Å²) in [6, 6.07) is 59.2. The first-order chi connectivity index (χ1) is 30.2. The summed E-state index contributed by atoms with van der Waals surface area (Å²) >= 11 is 0. The third-order valence-corrected chi connectivity index (χ3v) is 11.0. The summed E-state index contributed by atoms with van der Waals surface area (Å²) in [4.78, 5) is 22.9. The molecule has 61 heavy (non-hydrogen) atoms. The van der Waals surface area contributed by atoms with Crippen LogP contribution in [0.15, 0.2) is 208 Å². The molecule has 0 aliphatic heterocycles. The van der Waals surface area contributed by atoms with Crippen LogP contribution < -0.4 is 9.80 Å². The van der Waals surface area contributed by atoms with E-state index in [4.69, 9.17) is 28.2 Å². The summed E-state index contributed by atoms with van der Waals surface area (Å²) in [7, 11) is 0. The van der Waals surface area contributed by atoms with E-state index in [1.807, 2.05) is 103 Å². The smallest absolute Gasteiger partial charge is 0.227 e. The Balaban J connectivity index is 0.903. The van der Waals surface area contributed by atoms with Gasteiger partial charge in [0.1, 0.15) is 28.0 Å². The molecule has 288 valence electrons. The van der Waals surface area contributed by atoms with Crippen LogP contribution >= 0.6 is 0 Å². The number of para-hydroxylation sites is 4. The lowest BCUT2D eigenvalue weighted by atomic mass is 10.0. The molecule has 0 bridgehead atoms. The molecule has 0 radical (unpaired) electrons. The standard InChI is InChI=1S/C52H32N6O3/c1-3-11-46-44(9-1)55-51(60-46)33-14-19-37(20-15-33)57(41-8-7-26-53-32-41)39-23-18-35-29-43-42-25-24-40(31-49(42)59-48(43)30-36(35)28-39)58(50-13-5-6-27-54-50)38-21-16-34(17-22-38)52-56-45-10-2-4-12-47(45)61-52/h1-32H. The first-order valence-electron chi connectivity index (χ1n) is 19.9. The van der Waals surface area contributed by atoms with Crippen molar-refractivity contribution in [1.82, 2.24) is 19.9 Å². The fourth-order valence-corrected chi connectivity index (χ4v) is 8.10. The maximum absolute atomic E-state index is 6.67. The van der Waals surface area contributed by atoms with Crippen molar-refractivity contribution in [3.63, 3.8) is 0 Å². The highest BCUT2D eigenvalue weighted by molar-refractivity contribution is 6.11. The third kappa shape index (κ3) is 6.11. The second-order valence-corrected chi connectivity index (χ2v) is 14.8. The number of rotatable bonds is 8. The molecule has 7 aromatic carbocycles. The van der Waals surface area contributed by atoms with E-state index in [0.29, 0.717) is 11.8 Å². The van der Waals surface area contributed by atoms with Crippen LogP contribution in [-0.4, -0.2) is 19.9 Å². The van der Waals surface area contributed by atoms with Gasteiger partial charge in [-0.2, -0.15) is 0 Å². The van der Waals surface area contributed by atoms with Gasteiger partial charge in [-0.15, -0.1) is 0 Å². The van der Waals surface area contributed by atoms with Gasteiger partial charge in [0.25, 0.3) is 0 Å². The molecule has 0 atom stereocenters. The molecule has 5 heterocycles. The third-order valence-electron chi connectivity index (χ3n) is 11.0. The summed E-state index contributed by atoms with van der Waals surface area (Å²) in [6.45, 7) is 0. The highest BCUT2D eigenvalue weighted by atomic mass is 16.4. The lowest BCUT2D eigenvalue weighted by Gasteiger charge is -2.25. The van der Waals surface area contributed by atoms with Gasteiger partial charge in [-0.3, -0.25) is 9.88 Å². The first-order valence-corrected chi connectivity index (χ1v) is 19.9. The Morgan fingerprint density at radius 1 is 0.377 bits per heavy atom. The summed E-state index contributed by atoms with van der Waals surface area (Å²) in [6.07, 6.45) is 5.47. The van der Waals surface area contributed by atoms with Crippen LogP contribution in [0.25, 0.3) is 77.8 Å². The van der Waals surface area contributed by atoms with E-state index in [-0.39, 0.29) is 0 Å². The minimum atomic E-state index is 0.580.